The minimum absolute atomic E-state index is 0.824. The second-order valence-corrected chi connectivity index (χ2v) is 5.93. The maximum atomic E-state index is 5.83. The summed E-state index contributed by atoms with van der Waals surface area (Å²) in [5, 5.41) is 7.26. The first-order chi connectivity index (χ1) is 7.24. The molecule has 0 spiro atoms. The molecule has 2 nitrogen and oxygen atoms in total. The molecule has 2 rings (SSSR count). The fourth-order valence-electron chi connectivity index (χ4n) is 1.24. The summed E-state index contributed by atoms with van der Waals surface area (Å²) >= 11 is 9.25. The van der Waals surface area contributed by atoms with Gasteiger partial charge in [-0.25, -0.2) is 4.98 Å². The van der Waals surface area contributed by atoms with Crippen molar-refractivity contribution in [1.29, 1.82) is 0 Å². The third-order valence-electron chi connectivity index (χ3n) is 1.89. The van der Waals surface area contributed by atoms with Crippen molar-refractivity contribution in [2.45, 2.75) is 20.0 Å². The normalized spacial score (nSPS) is 10.8. The summed E-state index contributed by atoms with van der Waals surface area (Å²) in [6, 6.07) is 2.00. The predicted octanol–water partition coefficient (Wildman–Crippen LogP) is 3.46. The molecule has 0 aliphatic carbocycles. The zero-order valence-electron chi connectivity index (χ0n) is 8.29. The van der Waals surface area contributed by atoms with Crippen LogP contribution < -0.4 is 5.32 Å². The van der Waals surface area contributed by atoms with E-state index in [2.05, 4.69) is 10.3 Å². The van der Waals surface area contributed by atoms with Gasteiger partial charge in [-0.05, 0) is 13.0 Å². The number of hydrogen-bond donors (Lipinski definition) is 1. The van der Waals surface area contributed by atoms with Gasteiger partial charge in [0.15, 0.2) is 0 Å². The first-order valence-corrected chi connectivity index (χ1v) is 6.66. The lowest BCUT2D eigenvalue weighted by atomic mass is 10.4. The van der Waals surface area contributed by atoms with E-state index in [-0.39, 0.29) is 0 Å². The molecular formula is C10H11ClN2S2. The monoisotopic (exact) mass is 258 g/mol. The molecule has 0 saturated heterocycles. The molecule has 0 unspecified atom stereocenters. The van der Waals surface area contributed by atoms with E-state index in [9.17, 15) is 0 Å². The Labute approximate surface area is 102 Å². The van der Waals surface area contributed by atoms with Crippen molar-refractivity contribution in [3.63, 3.8) is 0 Å². The van der Waals surface area contributed by atoms with Gasteiger partial charge in [-0.15, -0.1) is 22.7 Å². The number of thiophene rings is 1. The van der Waals surface area contributed by atoms with E-state index in [1.165, 1.54) is 9.75 Å². The summed E-state index contributed by atoms with van der Waals surface area (Å²) in [5.41, 5.74) is 0. The average molecular weight is 259 g/mol. The van der Waals surface area contributed by atoms with Crippen LogP contribution in [0.4, 0.5) is 0 Å². The van der Waals surface area contributed by atoms with Crippen LogP contribution in [-0.2, 0) is 13.1 Å². The minimum Gasteiger partial charge on any atom is -0.307 e. The lowest BCUT2D eigenvalue weighted by Crippen LogP contribution is -2.10. The van der Waals surface area contributed by atoms with Crippen LogP contribution in [0.15, 0.2) is 17.6 Å². The molecule has 15 heavy (non-hydrogen) atoms. The van der Waals surface area contributed by atoms with Gasteiger partial charge in [-0.3, -0.25) is 0 Å². The largest absolute Gasteiger partial charge is 0.307 e. The number of nitrogens with one attached hydrogen (secondary N) is 1. The molecule has 80 valence electrons. The third-order valence-corrected chi connectivity index (χ3v) is 4.09. The summed E-state index contributed by atoms with van der Waals surface area (Å²) in [5.74, 6) is 0. The molecule has 1 N–H and O–H groups in total. The topological polar surface area (TPSA) is 24.9 Å². The number of nitrogens with zero attached hydrogens (tertiary/aromatic N) is 1. The number of thiazole rings is 1. The summed E-state index contributed by atoms with van der Waals surface area (Å²) < 4.78 is 0. The van der Waals surface area contributed by atoms with Crippen LogP contribution in [0.5, 0.6) is 0 Å². The quantitative estimate of drug-likeness (QED) is 0.909. The summed E-state index contributed by atoms with van der Waals surface area (Å²) in [7, 11) is 0. The lowest BCUT2D eigenvalue weighted by molar-refractivity contribution is 0.708. The Morgan fingerprint density at radius 2 is 2.20 bits per heavy atom. The van der Waals surface area contributed by atoms with Gasteiger partial charge in [0.1, 0.15) is 0 Å². The summed E-state index contributed by atoms with van der Waals surface area (Å²) in [6.45, 7) is 3.77. The van der Waals surface area contributed by atoms with Crippen molar-refractivity contribution in [2.75, 3.05) is 0 Å². The molecule has 0 bridgehead atoms. The van der Waals surface area contributed by atoms with Crippen LogP contribution in [0, 0.1) is 6.92 Å². The van der Waals surface area contributed by atoms with Gasteiger partial charge in [0, 0.05) is 34.4 Å². The molecule has 0 aliphatic rings. The standard InChI is InChI=1S/C10H11ClN2S2/c1-7-13-5-10(15-7)4-12-3-9-2-8(11)6-14-9/h2,5-6,12H,3-4H2,1H3. The smallest absolute Gasteiger partial charge is 0.0897 e. The molecule has 2 heterocycles. The van der Waals surface area contributed by atoms with Crippen molar-refractivity contribution < 1.29 is 0 Å². The van der Waals surface area contributed by atoms with E-state index in [0.717, 1.165) is 23.1 Å². The molecule has 2 aromatic heterocycles. The molecule has 2 aromatic rings. The van der Waals surface area contributed by atoms with Gasteiger partial charge in [-0.1, -0.05) is 11.6 Å². The lowest BCUT2D eigenvalue weighted by Gasteiger charge is -1.99. The number of aromatic nitrogens is 1. The summed E-state index contributed by atoms with van der Waals surface area (Å²) in [6.07, 6.45) is 1.93. The van der Waals surface area contributed by atoms with Crippen LogP contribution >= 0.6 is 34.3 Å². The first kappa shape index (κ1) is 11.1. The Kier molecular flexibility index (Phi) is 3.75. The fourth-order valence-corrected chi connectivity index (χ4v) is 3.05. The average Bonchev–Trinajstić information content (AvgIpc) is 2.76. The maximum Gasteiger partial charge on any atom is 0.0897 e. The van der Waals surface area contributed by atoms with Crippen molar-refractivity contribution in [3.8, 4) is 0 Å². The molecule has 0 aromatic carbocycles. The van der Waals surface area contributed by atoms with Crippen LogP contribution in [0.3, 0.4) is 0 Å². The van der Waals surface area contributed by atoms with Gasteiger partial charge >= 0.3 is 0 Å². The van der Waals surface area contributed by atoms with Crippen LogP contribution in [0.2, 0.25) is 5.02 Å². The Hall–Kier alpha value is -0.420. The molecule has 0 aliphatic heterocycles. The van der Waals surface area contributed by atoms with E-state index < -0.39 is 0 Å². The van der Waals surface area contributed by atoms with Gasteiger partial charge < -0.3 is 5.32 Å². The van der Waals surface area contributed by atoms with Gasteiger partial charge in [0.05, 0.1) is 10.0 Å². The first-order valence-electron chi connectivity index (χ1n) is 4.59. The molecule has 5 heteroatoms. The molecule has 0 radical (unpaired) electrons. The Morgan fingerprint density at radius 3 is 2.80 bits per heavy atom. The SMILES string of the molecule is Cc1ncc(CNCc2cc(Cl)cs2)s1. The zero-order valence-corrected chi connectivity index (χ0v) is 10.7. The highest BCUT2D eigenvalue weighted by Gasteiger charge is 1.99. The molecular weight excluding hydrogens is 248 g/mol. The molecule has 0 saturated carbocycles. The maximum absolute atomic E-state index is 5.83. The second-order valence-electron chi connectivity index (χ2n) is 3.18. The van der Waals surface area contributed by atoms with E-state index in [1.54, 1.807) is 22.7 Å². The highest BCUT2D eigenvalue weighted by atomic mass is 35.5. The molecule has 0 atom stereocenters. The fraction of sp³-hybridized carbons (Fsp3) is 0.300. The number of hydrogen-bond acceptors (Lipinski definition) is 4. The number of halogens is 1. The zero-order chi connectivity index (χ0) is 10.7. The van der Waals surface area contributed by atoms with Gasteiger partial charge in [0.2, 0.25) is 0 Å². The van der Waals surface area contributed by atoms with Crippen LogP contribution in [-0.4, -0.2) is 4.98 Å². The third kappa shape index (κ3) is 3.28. The number of rotatable bonds is 4. The highest BCUT2D eigenvalue weighted by Crippen LogP contribution is 2.19. The number of aryl methyl sites for hydroxylation is 1. The highest BCUT2D eigenvalue weighted by molar-refractivity contribution is 7.11. The van der Waals surface area contributed by atoms with Gasteiger partial charge in [-0.2, -0.15) is 0 Å². The minimum atomic E-state index is 0.824. The van der Waals surface area contributed by atoms with Gasteiger partial charge in [0.25, 0.3) is 0 Å². The predicted molar refractivity (Wildman–Crippen MR) is 66.7 cm³/mol. The van der Waals surface area contributed by atoms with Crippen molar-refractivity contribution in [1.82, 2.24) is 10.3 Å². The second kappa shape index (κ2) is 5.07. The van der Waals surface area contributed by atoms with Crippen molar-refractivity contribution in [2.24, 2.45) is 0 Å². The van der Waals surface area contributed by atoms with Crippen LogP contribution in [0.1, 0.15) is 14.8 Å². The molecule has 0 fully saturated rings. The molecule has 0 amide bonds. The Morgan fingerprint density at radius 1 is 1.40 bits per heavy atom. The Balaban J connectivity index is 1.80. The van der Waals surface area contributed by atoms with E-state index in [0.29, 0.717) is 0 Å². The Bertz CT molecular complexity index is 396. The van der Waals surface area contributed by atoms with E-state index in [1.807, 2.05) is 24.6 Å². The van der Waals surface area contributed by atoms with E-state index in [4.69, 9.17) is 11.6 Å². The summed E-state index contributed by atoms with van der Waals surface area (Å²) in [4.78, 5) is 6.74. The van der Waals surface area contributed by atoms with Crippen molar-refractivity contribution >= 4 is 34.3 Å². The van der Waals surface area contributed by atoms with Crippen molar-refractivity contribution in [3.05, 3.63) is 37.4 Å². The van der Waals surface area contributed by atoms with E-state index >= 15 is 0 Å². The van der Waals surface area contributed by atoms with Crippen LogP contribution in [0.25, 0.3) is 0 Å².